The minimum atomic E-state index is -0.808. The van der Waals surface area contributed by atoms with Crippen molar-refractivity contribution in [3.8, 4) is 5.75 Å². The van der Waals surface area contributed by atoms with Crippen LogP contribution in [-0.4, -0.2) is 23.5 Å². The van der Waals surface area contributed by atoms with Gasteiger partial charge in [-0.3, -0.25) is 9.59 Å². The van der Waals surface area contributed by atoms with Crippen molar-refractivity contribution in [3.05, 3.63) is 59.9 Å². The van der Waals surface area contributed by atoms with E-state index in [9.17, 15) is 14.0 Å². The van der Waals surface area contributed by atoms with Crippen LogP contribution in [0.5, 0.6) is 5.75 Å². The molecule has 114 valence electrons. The number of anilines is 1. The Morgan fingerprint density at radius 3 is 2.23 bits per heavy atom. The highest BCUT2D eigenvalue weighted by atomic mass is 19.1. The lowest BCUT2D eigenvalue weighted by molar-refractivity contribution is -0.136. The van der Waals surface area contributed by atoms with Gasteiger partial charge in [0.15, 0.2) is 0 Å². The molecule has 0 saturated heterocycles. The number of rotatable bonds is 4. The molecular formula is C16H15FN2O3. The van der Waals surface area contributed by atoms with E-state index in [1.165, 1.54) is 24.3 Å². The summed E-state index contributed by atoms with van der Waals surface area (Å²) in [4.78, 5) is 23.3. The molecule has 0 spiro atoms. The lowest BCUT2D eigenvalue weighted by Gasteiger charge is -2.06. The first kappa shape index (κ1) is 15.5. The first-order valence-electron chi connectivity index (χ1n) is 6.67. The summed E-state index contributed by atoms with van der Waals surface area (Å²) in [6.45, 7) is 0.292. The first-order valence-corrected chi connectivity index (χ1v) is 6.67. The Bertz CT molecular complexity index is 654. The zero-order chi connectivity index (χ0) is 15.9. The molecule has 6 heteroatoms. The van der Waals surface area contributed by atoms with Gasteiger partial charge in [-0.2, -0.15) is 0 Å². The maximum Gasteiger partial charge on any atom is 0.313 e. The van der Waals surface area contributed by atoms with Crippen molar-refractivity contribution in [3.63, 3.8) is 0 Å². The van der Waals surface area contributed by atoms with E-state index in [0.717, 1.165) is 5.56 Å². The molecule has 2 amide bonds. The van der Waals surface area contributed by atoms with Gasteiger partial charge < -0.3 is 15.7 Å². The largest absolute Gasteiger partial charge is 0.508 e. The number of carbonyl (C=O) groups excluding carboxylic acids is 2. The van der Waals surface area contributed by atoms with E-state index in [4.69, 9.17) is 5.11 Å². The molecule has 22 heavy (non-hydrogen) atoms. The molecule has 0 radical (unpaired) electrons. The van der Waals surface area contributed by atoms with Crippen LogP contribution < -0.4 is 10.6 Å². The number of phenolic OH excluding ortho intramolecular Hbond substituents is 1. The van der Waals surface area contributed by atoms with Gasteiger partial charge in [-0.05, 0) is 48.4 Å². The number of hydrogen-bond acceptors (Lipinski definition) is 3. The highest BCUT2D eigenvalue weighted by Gasteiger charge is 2.12. The van der Waals surface area contributed by atoms with Crippen molar-refractivity contribution in [2.75, 3.05) is 11.9 Å². The van der Waals surface area contributed by atoms with E-state index in [0.29, 0.717) is 18.7 Å². The average molecular weight is 302 g/mol. The van der Waals surface area contributed by atoms with Crippen LogP contribution >= 0.6 is 0 Å². The molecule has 0 unspecified atom stereocenters. The summed E-state index contributed by atoms with van der Waals surface area (Å²) in [5, 5.41) is 14.0. The van der Waals surface area contributed by atoms with Crippen LogP contribution in [0.2, 0.25) is 0 Å². The summed E-state index contributed by atoms with van der Waals surface area (Å²) in [5.74, 6) is -1.82. The molecule has 2 rings (SSSR count). The summed E-state index contributed by atoms with van der Waals surface area (Å²) in [7, 11) is 0. The Morgan fingerprint density at radius 1 is 0.955 bits per heavy atom. The lowest BCUT2D eigenvalue weighted by atomic mass is 10.1. The van der Waals surface area contributed by atoms with E-state index in [-0.39, 0.29) is 5.75 Å². The molecule has 0 fully saturated rings. The van der Waals surface area contributed by atoms with Crippen LogP contribution in [0.15, 0.2) is 48.5 Å². The maximum atomic E-state index is 12.7. The zero-order valence-corrected chi connectivity index (χ0v) is 11.7. The van der Waals surface area contributed by atoms with Gasteiger partial charge >= 0.3 is 11.8 Å². The first-order chi connectivity index (χ1) is 10.5. The summed E-state index contributed by atoms with van der Waals surface area (Å²) in [6, 6.07) is 11.7. The van der Waals surface area contributed by atoms with Gasteiger partial charge in [0.05, 0.1) is 0 Å². The fraction of sp³-hybridized carbons (Fsp3) is 0.125. The molecule has 5 nitrogen and oxygen atoms in total. The van der Waals surface area contributed by atoms with E-state index in [1.807, 2.05) is 0 Å². The smallest absolute Gasteiger partial charge is 0.313 e. The summed E-state index contributed by atoms with van der Waals surface area (Å²) in [6.07, 6.45) is 0.538. The fourth-order valence-electron chi connectivity index (χ4n) is 1.78. The van der Waals surface area contributed by atoms with Gasteiger partial charge in [0.25, 0.3) is 0 Å². The van der Waals surface area contributed by atoms with E-state index in [1.54, 1.807) is 24.3 Å². The third-order valence-electron chi connectivity index (χ3n) is 2.94. The molecule has 0 saturated carbocycles. The van der Waals surface area contributed by atoms with Crippen molar-refractivity contribution in [1.29, 1.82) is 0 Å². The van der Waals surface area contributed by atoms with Crippen molar-refractivity contribution in [1.82, 2.24) is 5.32 Å². The molecule has 0 bridgehead atoms. The number of amides is 2. The molecule has 2 aromatic rings. The van der Waals surface area contributed by atoms with Crippen molar-refractivity contribution >= 4 is 17.5 Å². The molecule has 0 aromatic heterocycles. The Morgan fingerprint density at radius 2 is 1.59 bits per heavy atom. The van der Waals surface area contributed by atoms with Gasteiger partial charge in [-0.15, -0.1) is 0 Å². The summed E-state index contributed by atoms with van der Waals surface area (Å²) in [5.41, 5.74) is 1.28. The van der Waals surface area contributed by atoms with Crippen LogP contribution in [0.1, 0.15) is 5.56 Å². The standard InChI is InChI=1S/C16H15FN2O3/c17-12-3-5-13(6-4-12)19-16(22)15(21)18-10-9-11-1-7-14(20)8-2-11/h1-8,20H,9-10H2,(H,18,21)(H,19,22). The van der Waals surface area contributed by atoms with Crippen molar-refractivity contribution in [2.24, 2.45) is 0 Å². The number of aromatic hydroxyl groups is 1. The Balaban J connectivity index is 1.77. The van der Waals surface area contributed by atoms with Gasteiger partial charge in [0, 0.05) is 12.2 Å². The number of carbonyl (C=O) groups is 2. The second-order valence-electron chi connectivity index (χ2n) is 4.63. The van der Waals surface area contributed by atoms with Gasteiger partial charge in [-0.1, -0.05) is 12.1 Å². The topological polar surface area (TPSA) is 78.4 Å². The van der Waals surface area contributed by atoms with Gasteiger partial charge in [0.2, 0.25) is 0 Å². The number of benzene rings is 2. The van der Waals surface area contributed by atoms with Crippen LogP contribution in [0.25, 0.3) is 0 Å². The van der Waals surface area contributed by atoms with Crippen LogP contribution in [0, 0.1) is 5.82 Å². The van der Waals surface area contributed by atoms with E-state index >= 15 is 0 Å². The molecule has 0 aliphatic heterocycles. The summed E-state index contributed by atoms with van der Waals surface area (Å²) < 4.78 is 12.7. The maximum absolute atomic E-state index is 12.7. The minimum Gasteiger partial charge on any atom is -0.508 e. The van der Waals surface area contributed by atoms with Crippen molar-refractivity contribution in [2.45, 2.75) is 6.42 Å². The third kappa shape index (κ3) is 4.59. The zero-order valence-electron chi connectivity index (χ0n) is 11.7. The van der Waals surface area contributed by atoms with Crippen molar-refractivity contribution < 1.29 is 19.1 Å². The predicted octanol–water partition coefficient (Wildman–Crippen LogP) is 1.83. The quantitative estimate of drug-likeness (QED) is 0.754. The molecule has 3 N–H and O–H groups in total. The second kappa shape index (κ2) is 7.21. The average Bonchev–Trinajstić information content (AvgIpc) is 2.51. The van der Waals surface area contributed by atoms with E-state index in [2.05, 4.69) is 10.6 Å². The molecule has 0 heterocycles. The summed E-state index contributed by atoms with van der Waals surface area (Å²) >= 11 is 0. The molecular weight excluding hydrogens is 287 g/mol. The number of nitrogens with one attached hydrogen (secondary N) is 2. The highest BCUT2D eigenvalue weighted by molar-refractivity contribution is 6.39. The van der Waals surface area contributed by atoms with Crippen LogP contribution in [-0.2, 0) is 16.0 Å². The van der Waals surface area contributed by atoms with Crippen LogP contribution in [0.4, 0.5) is 10.1 Å². The number of hydrogen-bond donors (Lipinski definition) is 3. The predicted molar refractivity (Wildman–Crippen MR) is 79.9 cm³/mol. The highest BCUT2D eigenvalue weighted by Crippen LogP contribution is 2.10. The second-order valence-corrected chi connectivity index (χ2v) is 4.63. The van der Waals surface area contributed by atoms with Crippen LogP contribution in [0.3, 0.4) is 0 Å². The molecule has 0 aliphatic rings. The molecule has 2 aromatic carbocycles. The Hall–Kier alpha value is -2.89. The fourth-order valence-corrected chi connectivity index (χ4v) is 1.78. The minimum absolute atomic E-state index is 0.173. The van der Waals surface area contributed by atoms with E-state index < -0.39 is 17.6 Å². The Labute approximate surface area is 126 Å². The SMILES string of the molecule is O=C(NCCc1ccc(O)cc1)C(=O)Nc1ccc(F)cc1. The molecule has 0 atom stereocenters. The third-order valence-corrected chi connectivity index (χ3v) is 2.94. The Kier molecular flexibility index (Phi) is 5.08. The number of phenols is 1. The number of halogens is 1. The van der Waals surface area contributed by atoms with Gasteiger partial charge in [-0.25, -0.2) is 4.39 Å². The normalized spacial score (nSPS) is 10.0. The van der Waals surface area contributed by atoms with Gasteiger partial charge in [0.1, 0.15) is 11.6 Å². The lowest BCUT2D eigenvalue weighted by Crippen LogP contribution is -2.36. The molecule has 0 aliphatic carbocycles. The monoisotopic (exact) mass is 302 g/mol.